The van der Waals surface area contributed by atoms with Crippen LogP contribution in [-0.4, -0.2) is 11.2 Å². The van der Waals surface area contributed by atoms with Gasteiger partial charge in [-0.25, -0.2) is 0 Å². The molecule has 2 atom stereocenters. The van der Waals surface area contributed by atoms with E-state index in [0.29, 0.717) is 5.92 Å². The smallest absolute Gasteiger partial charge is 0.0546 e. The topological polar surface area (TPSA) is 20.2 Å². The van der Waals surface area contributed by atoms with Crippen molar-refractivity contribution in [3.05, 3.63) is 60.2 Å². The molecule has 1 aliphatic rings. The molecule has 1 heteroatoms. The van der Waals surface area contributed by atoms with Crippen LogP contribution in [0.5, 0.6) is 0 Å². The van der Waals surface area contributed by atoms with Crippen molar-refractivity contribution < 1.29 is 5.11 Å². The van der Waals surface area contributed by atoms with Crippen LogP contribution in [0, 0.1) is 0 Å². The van der Waals surface area contributed by atoms with Crippen molar-refractivity contribution in [1.82, 2.24) is 0 Å². The molecule has 20 heavy (non-hydrogen) atoms. The molecule has 0 aliphatic heterocycles. The molecule has 0 amide bonds. The summed E-state index contributed by atoms with van der Waals surface area (Å²) in [6.07, 6.45) is 5.39. The Morgan fingerprint density at radius 2 is 1.40 bits per heavy atom. The predicted molar refractivity (Wildman–Crippen MR) is 83.7 cm³/mol. The van der Waals surface area contributed by atoms with Crippen molar-refractivity contribution in [2.45, 2.75) is 44.1 Å². The zero-order valence-corrected chi connectivity index (χ0v) is 11.8. The van der Waals surface area contributed by atoms with Gasteiger partial charge in [0.15, 0.2) is 0 Å². The average molecular weight is 266 g/mol. The molecule has 2 aromatic carbocycles. The van der Waals surface area contributed by atoms with Crippen LogP contribution in [0.2, 0.25) is 0 Å². The van der Waals surface area contributed by atoms with Gasteiger partial charge < -0.3 is 5.11 Å². The molecule has 1 N–H and O–H groups in total. The fraction of sp³-hybridized carbons (Fsp3) is 0.368. The number of aliphatic hydroxyl groups excluding tert-OH is 1. The molecular formula is C19H22O. The van der Waals surface area contributed by atoms with Crippen LogP contribution >= 0.6 is 0 Å². The molecule has 0 radical (unpaired) electrons. The quantitative estimate of drug-likeness (QED) is 0.777. The Bertz CT molecular complexity index is 529. The summed E-state index contributed by atoms with van der Waals surface area (Å²) in [5.74, 6) is 0.525. The molecular weight excluding hydrogens is 244 g/mol. The Hall–Kier alpha value is -1.60. The van der Waals surface area contributed by atoms with Gasteiger partial charge in [0.1, 0.15) is 0 Å². The van der Waals surface area contributed by atoms with Gasteiger partial charge in [0.2, 0.25) is 0 Å². The zero-order valence-electron chi connectivity index (χ0n) is 11.8. The summed E-state index contributed by atoms with van der Waals surface area (Å²) < 4.78 is 0. The first kappa shape index (κ1) is 13.4. The number of benzene rings is 2. The second kappa shape index (κ2) is 6.23. The van der Waals surface area contributed by atoms with Crippen LogP contribution in [0.15, 0.2) is 54.6 Å². The summed E-state index contributed by atoms with van der Waals surface area (Å²) in [4.78, 5) is 0. The molecule has 1 nitrogen and oxygen atoms in total. The maximum absolute atomic E-state index is 9.95. The molecule has 1 saturated carbocycles. The fourth-order valence-electron chi connectivity index (χ4n) is 3.22. The number of hydrogen-bond donors (Lipinski definition) is 1. The van der Waals surface area contributed by atoms with E-state index in [4.69, 9.17) is 0 Å². The first-order valence-corrected chi connectivity index (χ1v) is 7.66. The van der Waals surface area contributed by atoms with Crippen LogP contribution < -0.4 is 0 Å². The van der Waals surface area contributed by atoms with E-state index >= 15 is 0 Å². The van der Waals surface area contributed by atoms with E-state index in [-0.39, 0.29) is 6.10 Å². The Labute approximate surface area is 121 Å². The second-order valence-electron chi connectivity index (χ2n) is 5.86. The predicted octanol–water partition coefficient (Wildman–Crippen LogP) is 4.76. The lowest BCUT2D eigenvalue weighted by Gasteiger charge is -2.17. The van der Waals surface area contributed by atoms with Crippen LogP contribution in [0.3, 0.4) is 0 Å². The number of rotatable bonds is 2. The second-order valence-corrected chi connectivity index (χ2v) is 5.86. The minimum Gasteiger partial charge on any atom is -0.393 e. The zero-order chi connectivity index (χ0) is 13.8. The third-order valence-electron chi connectivity index (χ3n) is 4.39. The summed E-state index contributed by atoms with van der Waals surface area (Å²) in [6, 6.07) is 19.4. The van der Waals surface area contributed by atoms with Gasteiger partial charge in [0.05, 0.1) is 6.10 Å². The van der Waals surface area contributed by atoms with Gasteiger partial charge in [0, 0.05) is 0 Å². The Kier molecular flexibility index (Phi) is 4.17. The van der Waals surface area contributed by atoms with E-state index in [2.05, 4.69) is 48.5 Å². The van der Waals surface area contributed by atoms with Gasteiger partial charge in [-0.2, -0.15) is 0 Å². The van der Waals surface area contributed by atoms with Gasteiger partial charge in [0.25, 0.3) is 0 Å². The Morgan fingerprint density at radius 3 is 2.15 bits per heavy atom. The maximum atomic E-state index is 9.95. The third kappa shape index (κ3) is 3.10. The van der Waals surface area contributed by atoms with E-state index in [9.17, 15) is 5.11 Å². The molecule has 104 valence electrons. The highest BCUT2D eigenvalue weighted by atomic mass is 16.3. The lowest BCUT2D eigenvalue weighted by atomic mass is 9.90. The molecule has 1 fully saturated rings. The lowest BCUT2D eigenvalue weighted by molar-refractivity contribution is 0.152. The van der Waals surface area contributed by atoms with Crippen molar-refractivity contribution in [3.63, 3.8) is 0 Å². The van der Waals surface area contributed by atoms with Gasteiger partial charge in [-0.1, -0.05) is 67.4 Å². The van der Waals surface area contributed by atoms with E-state index in [1.54, 1.807) is 0 Å². The highest BCUT2D eigenvalue weighted by Gasteiger charge is 2.19. The van der Waals surface area contributed by atoms with Crippen molar-refractivity contribution in [2.24, 2.45) is 0 Å². The summed E-state index contributed by atoms with van der Waals surface area (Å²) >= 11 is 0. The normalized spacial score (nSPS) is 23.2. The number of aliphatic hydroxyl groups is 1. The van der Waals surface area contributed by atoms with Crippen LogP contribution in [0.1, 0.15) is 43.6 Å². The first-order valence-electron chi connectivity index (χ1n) is 7.66. The standard InChI is InChI=1S/C19H22O/c20-19-9-5-4-8-18(14-19)17-12-10-16(11-13-17)15-6-2-1-3-7-15/h1-3,6-7,10-13,18-20H,4-5,8-9,14H2. The maximum Gasteiger partial charge on any atom is 0.0546 e. The molecule has 0 bridgehead atoms. The van der Waals surface area contributed by atoms with Gasteiger partial charge in [-0.05, 0) is 41.9 Å². The highest BCUT2D eigenvalue weighted by Crippen LogP contribution is 2.32. The van der Waals surface area contributed by atoms with Crippen LogP contribution in [-0.2, 0) is 0 Å². The van der Waals surface area contributed by atoms with Crippen molar-refractivity contribution in [1.29, 1.82) is 0 Å². The monoisotopic (exact) mass is 266 g/mol. The van der Waals surface area contributed by atoms with Crippen molar-refractivity contribution >= 4 is 0 Å². The van der Waals surface area contributed by atoms with Crippen LogP contribution in [0.25, 0.3) is 11.1 Å². The van der Waals surface area contributed by atoms with E-state index in [1.165, 1.54) is 36.0 Å². The summed E-state index contributed by atoms with van der Waals surface area (Å²) in [5, 5.41) is 9.95. The molecule has 2 unspecified atom stereocenters. The summed E-state index contributed by atoms with van der Waals surface area (Å²) in [6.45, 7) is 0. The molecule has 2 aromatic rings. The third-order valence-corrected chi connectivity index (χ3v) is 4.39. The first-order chi connectivity index (χ1) is 9.83. The number of hydrogen-bond acceptors (Lipinski definition) is 1. The summed E-state index contributed by atoms with van der Waals surface area (Å²) in [5.41, 5.74) is 3.91. The molecule has 0 spiro atoms. The lowest BCUT2D eigenvalue weighted by Crippen LogP contribution is -2.09. The van der Waals surface area contributed by atoms with E-state index in [1.807, 2.05) is 6.07 Å². The average Bonchev–Trinajstić information content (AvgIpc) is 2.73. The highest BCUT2D eigenvalue weighted by molar-refractivity contribution is 5.63. The summed E-state index contributed by atoms with van der Waals surface area (Å²) in [7, 11) is 0. The van der Waals surface area contributed by atoms with Crippen LogP contribution in [0.4, 0.5) is 0 Å². The van der Waals surface area contributed by atoms with Crippen molar-refractivity contribution in [3.8, 4) is 11.1 Å². The molecule has 0 saturated heterocycles. The van der Waals surface area contributed by atoms with E-state index < -0.39 is 0 Å². The SMILES string of the molecule is OC1CCCCC(c2ccc(-c3ccccc3)cc2)C1. The fourth-order valence-corrected chi connectivity index (χ4v) is 3.22. The van der Waals surface area contributed by atoms with Crippen molar-refractivity contribution in [2.75, 3.05) is 0 Å². The largest absolute Gasteiger partial charge is 0.393 e. The van der Waals surface area contributed by atoms with Gasteiger partial charge in [-0.3, -0.25) is 0 Å². The van der Waals surface area contributed by atoms with E-state index in [0.717, 1.165) is 12.8 Å². The molecule has 0 heterocycles. The molecule has 1 aliphatic carbocycles. The minimum atomic E-state index is -0.115. The molecule has 3 rings (SSSR count). The van der Waals surface area contributed by atoms with Gasteiger partial charge >= 0.3 is 0 Å². The molecule has 0 aromatic heterocycles. The van der Waals surface area contributed by atoms with Gasteiger partial charge in [-0.15, -0.1) is 0 Å². The minimum absolute atomic E-state index is 0.115. The Morgan fingerprint density at radius 1 is 0.750 bits per heavy atom. The Balaban J connectivity index is 1.79.